The fourth-order valence-electron chi connectivity index (χ4n) is 2.02. The van der Waals surface area contributed by atoms with Gasteiger partial charge in [0.2, 0.25) is 0 Å². The van der Waals surface area contributed by atoms with Gasteiger partial charge in [-0.3, -0.25) is 4.79 Å². The number of amides is 1. The molecule has 0 aliphatic heterocycles. The largest absolute Gasteiger partial charge is 0.507 e. The van der Waals surface area contributed by atoms with Gasteiger partial charge in [-0.2, -0.15) is 0 Å². The lowest BCUT2D eigenvalue weighted by Crippen LogP contribution is -2.35. The van der Waals surface area contributed by atoms with Gasteiger partial charge in [0.25, 0.3) is 5.91 Å². The molecule has 5 heteroatoms. The number of aromatic hydroxyl groups is 1. The summed E-state index contributed by atoms with van der Waals surface area (Å²) in [5, 5.41) is 14.3. The quantitative estimate of drug-likeness (QED) is 0.832. The van der Waals surface area contributed by atoms with Gasteiger partial charge in [0.05, 0.1) is 0 Å². The van der Waals surface area contributed by atoms with Gasteiger partial charge >= 0.3 is 5.97 Å². The lowest BCUT2D eigenvalue weighted by atomic mass is 10.1. The van der Waals surface area contributed by atoms with Crippen molar-refractivity contribution in [1.82, 2.24) is 5.32 Å². The van der Waals surface area contributed by atoms with Crippen molar-refractivity contribution in [3.63, 3.8) is 0 Å². The predicted octanol–water partition coefficient (Wildman–Crippen LogP) is 2.62. The van der Waals surface area contributed by atoms with E-state index in [-0.39, 0.29) is 29.9 Å². The molecule has 0 saturated heterocycles. The molecule has 0 bridgehead atoms. The zero-order valence-corrected chi connectivity index (χ0v) is 12.6. The Morgan fingerprint density at radius 1 is 1.23 bits per heavy atom. The zero-order valence-electron chi connectivity index (χ0n) is 12.6. The molecule has 0 spiro atoms. The molecule has 0 heterocycles. The number of benzene rings is 2. The topological polar surface area (TPSA) is 75.6 Å². The smallest absolute Gasteiger partial charge is 0.342 e. The summed E-state index contributed by atoms with van der Waals surface area (Å²) in [6, 6.07) is 10.4. The molecule has 5 nitrogen and oxygen atoms in total. The van der Waals surface area contributed by atoms with Gasteiger partial charge in [0.1, 0.15) is 11.3 Å². The standard InChI is InChI=1S/C17H19NO4/c1-3-11(2)18-16(20)10-22-17(21)14-8-12-6-4-5-7-13(12)9-15(14)19/h4-9,11,19H,3,10H2,1-2H3,(H,18,20). The van der Waals surface area contributed by atoms with E-state index >= 15 is 0 Å². The first-order valence-electron chi connectivity index (χ1n) is 7.19. The highest BCUT2D eigenvalue weighted by molar-refractivity contribution is 5.99. The van der Waals surface area contributed by atoms with E-state index in [9.17, 15) is 14.7 Å². The highest BCUT2D eigenvalue weighted by Gasteiger charge is 2.16. The average molecular weight is 301 g/mol. The normalized spacial score (nSPS) is 11.9. The number of carbonyl (C=O) groups is 2. The molecule has 0 saturated carbocycles. The van der Waals surface area contributed by atoms with Crippen LogP contribution in [0.3, 0.4) is 0 Å². The van der Waals surface area contributed by atoms with Gasteiger partial charge in [0, 0.05) is 6.04 Å². The first kappa shape index (κ1) is 15.8. The Kier molecular flexibility index (Phi) is 4.99. The fraction of sp³-hybridized carbons (Fsp3) is 0.294. The molecule has 2 aromatic carbocycles. The minimum Gasteiger partial charge on any atom is -0.507 e. The summed E-state index contributed by atoms with van der Waals surface area (Å²) in [5.41, 5.74) is 0.0510. The van der Waals surface area contributed by atoms with Crippen LogP contribution in [-0.2, 0) is 9.53 Å². The second-order valence-corrected chi connectivity index (χ2v) is 5.17. The number of phenolic OH excluding ortho intramolecular Hbond substituents is 1. The first-order chi connectivity index (χ1) is 10.5. The average Bonchev–Trinajstić information content (AvgIpc) is 2.51. The molecular formula is C17H19NO4. The first-order valence-corrected chi connectivity index (χ1v) is 7.19. The molecule has 0 fully saturated rings. The Morgan fingerprint density at radius 3 is 2.50 bits per heavy atom. The minimum atomic E-state index is -0.720. The highest BCUT2D eigenvalue weighted by atomic mass is 16.5. The Labute approximate surface area is 128 Å². The number of hydrogen-bond acceptors (Lipinski definition) is 4. The van der Waals surface area contributed by atoms with Crippen LogP contribution >= 0.6 is 0 Å². The van der Waals surface area contributed by atoms with Gasteiger partial charge in [0.15, 0.2) is 6.61 Å². The third-order valence-corrected chi connectivity index (χ3v) is 3.44. The third-order valence-electron chi connectivity index (χ3n) is 3.44. The molecule has 0 aromatic heterocycles. The summed E-state index contributed by atoms with van der Waals surface area (Å²) < 4.78 is 4.95. The van der Waals surface area contributed by atoms with Crippen molar-refractivity contribution < 1.29 is 19.4 Å². The van der Waals surface area contributed by atoms with Gasteiger partial charge < -0.3 is 15.2 Å². The van der Waals surface area contributed by atoms with Crippen molar-refractivity contribution in [2.75, 3.05) is 6.61 Å². The van der Waals surface area contributed by atoms with Crippen molar-refractivity contribution in [2.24, 2.45) is 0 Å². The third kappa shape index (κ3) is 3.75. The van der Waals surface area contributed by atoms with Gasteiger partial charge in [-0.1, -0.05) is 31.2 Å². The van der Waals surface area contributed by atoms with Crippen LogP contribution in [0.15, 0.2) is 36.4 Å². The van der Waals surface area contributed by atoms with Crippen LogP contribution in [0.5, 0.6) is 5.75 Å². The number of esters is 1. The second kappa shape index (κ2) is 6.93. The Bertz CT molecular complexity index is 696. The lowest BCUT2D eigenvalue weighted by molar-refractivity contribution is -0.124. The molecular weight excluding hydrogens is 282 g/mol. The van der Waals surface area contributed by atoms with Crippen LogP contribution in [0, 0.1) is 0 Å². The van der Waals surface area contributed by atoms with Crippen LogP contribution in [0.2, 0.25) is 0 Å². The molecule has 22 heavy (non-hydrogen) atoms. The van der Waals surface area contributed by atoms with E-state index in [1.807, 2.05) is 38.1 Å². The summed E-state index contributed by atoms with van der Waals surface area (Å²) in [5.74, 6) is -1.24. The summed E-state index contributed by atoms with van der Waals surface area (Å²) in [6.07, 6.45) is 0.797. The molecule has 116 valence electrons. The minimum absolute atomic E-state index is 0.0280. The SMILES string of the molecule is CCC(C)NC(=O)COC(=O)c1cc2ccccc2cc1O. The van der Waals surface area contributed by atoms with Crippen LogP contribution in [0.25, 0.3) is 10.8 Å². The van der Waals surface area contributed by atoms with Crippen molar-refractivity contribution in [3.8, 4) is 5.75 Å². The molecule has 0 aliphatic carbocycles. The van der Waals surface area contributed by atoms with E-state index in [1.54, 1.807) is 6.07 Å². The maximum absolute atomic E-state index is 12.0. The van der Waals surface area contributed by atoms with Crippen LogP contribution in [0.1, 0.15) is 30.6 Å². The maximum atomic E-state index is 12.0. The van der Waals surface area contributed by atoms with Crippen molar-refractivity contribution in [2.45, 2.75) is 26.3 Å². The van der Waals surface area contributed by atoms with Crippen molar-refractivity contribution in [3.05, 3.63) is 42.0 Å². The van der Waals surface area contributed by atoms with E-state index < -0.39 is 5.97 Å². The molecule has 2 aromatic rings. The van der Waals surface area contributed by atoms with Gasteiger partial charge in [-0.05, 0) is 36.2 Å². The van der Waals surface area contributed by atoms with E-state index in [0.29, 0.717) is 0 Å². The van der Waals surface area contributed by atoms with Crippen LogP contribution < -0.4 is 5.32 Å². The number of phenols is 1. The predicted molar refractivity (Wildman–Crippen MR) is 83.8 cm³/mol. The Morgan fingerprint density at radius 2 is 1.86 bits per heavy atom. The summed E-state index contributed by atoms with van der Waals surface area (Å²) in [7, 11) is 0. The van der Waals surface area contributed by atoms with Crippen molar-refractivity contribution in [1.29, 1.82) is 0 Å². The number of nitrogens with one attached hydrogen (secondary N) is 1. The van der Waals surface area contributed by atoms with E-state index in [4.69, 9.17) is 4.74 Å². The van der Waals surface area contributed by atoms with E-state index in [2.05, 4.69) is 5.32 Å². The molecule has 1 amide bonds. The second-order valence-electron chi connectivity index (χ2n) is 5.17. The fourth-order valence-corrected chi connectivity index (χ4v) is 2.02. The van der Waals surface area contributed by atoms with Crippen LogP contribution in [0.4, 0.5) is 0 Å². The number of carbonyl (C=O) groups excluding carboxylic acids is 2. The summed E-state index contributed by atoms with van der Waals surface area (Å²) in [6.45, 7) is 3.45. The Hall–Kier alpha value is -2.56. The van der Waals surface area contributed by atoms with Gasteiger partial charge in [-0.15, -0.1) is 0 Å². The zero-order chi connectivity index (χ0) is 16.1. The molecule has 1 atom stereocenters. The lowest BCUT2D eigenvalue weighted by Gasteiger charge is -2.12. The summed E-state index contributed by atoms with van der Waals surface area (Å²) in [4.78, 5) is 23.6. The molecule has 2 N–H and O–H groups in total. The van der Waals surface area contributed by atoms with E-state index in [0.717, 1.165) is 17.2 Å². The highest BCUT2D eigenvalue weighted by Crippen LogP contribution is 2.25. The molecule has 1 unspecified atom stereocenters. The number of ether oxygens (including phenoxy) is 1. The monoisotopic (exact) mass is 301 g/mol. The Balaban J connectivity index is 2.06. The van der Waals surface area contributed by atoms with Crippen LogP contribution in [-0.4, -0.2) is 29.6 Å². The summed E-state index contributed by atoms with van der Waals surface area (Å²) >= 11 is 0. The molecule has 0 aliphatic rings. The maximum Gasteiger partial charge on any atom is 0.342 e. The van der Waals surface area contributed by atoms with E-state index in [1.165, 1.54) is 6.07 Å². The number of rotatable bonds is 5. The van der Waals surface area contributed by atoms with Gasteiger partial charge in [-0.25, -0.2) is 4.79 Å². The number of hydrogen-bond donors (Lipinski definition) is 2. The molecule has 2 rings (SSSR count). The number of fused-ring (bicyclic) bond motifs is 1. The van der Waals surface area contributed by atoms with Crippen molar-refractivity contribution >= 4 is 22.6 Å². The molecule has 0 radical (unpaired) electrons.